The van der Waals surface area contributed by atoms with Gasteiger partial charge in [0.15, 0.2) is 5.82 Å². The number of hydrogen-bond donors (Lipinski definition) is 0. The van der Waals surface area contributed by atoms with Crippen LogP contribution in [0.4, 0.5) is 11.5 Å². The molecule has 0 aliphatic carbocycles. The lowest BCUT2D eigenvalue weighted by molar-refractivity contribution is -0.132. The van der Waals surface area contributed by atoms with Crippen molar-refractivity contribution in [3.63, 3.8) is 0 Å². The molecule has 4 heterocycles. The zero-order chi connectivity index (χ0) is 21.9. The third-order valence-electron chi connectivity index (χ3n) is 6.43. The van der Waals surface area contributed by atoms with E-state index in [1.54, 1.807) is 12.4 Å². The molecule has 9 heteroatoms. The summed E-state index contributed by atoms with van der Waals surface area (Å²) < 4.78 is 2.79. The predicted octanol–water partition coefficient (Wildman–Crippen LogP) is 1.62. The van der Waals surface area contributed by atoms with Crippen molar-refractivity contribution in [2.24, 2.45) is 0 Å². The fraction of sp³-hybridized carbons (Fsp3) is 0.478. The van der Waals surface area contributed by atoms with Crippen LogP contribution in [-0.4, -0.2) is 69.2 Å². The highest BCUT2D eigenvalue weighted by molar-refractivity contribution is 5.76. The van der Waals surface area contributed by atoms with Gasteiger partial charge in [0.25, 0.3) is 0 Å². The van der Waals surface area contributed by atoms with Gasteiger partial charge in [0, 0.05) is 57.3 Å². The number of hydrogen-bond acceptors (Lipinski definition) is 6. The van der Waals surface area contributed by atoms with Gasteiger partial charge in [-0.1, -0.05) is 31.0 Å². The summed E-state index contributed by atoms with van der Waals surface area (Å²) in [6.07, 6.45) is 7.93. The first-order valence-corrected chi connectivity index (χ1v) is 11.5. The Morgan fingerprint density at radius 3 is 2.31 bits per heavy atom. The summed E-state index contributed by atoms with van der Waals surface area (Å²) >= 11 is 0. The second-order valence-corrected chi connectivity index (χ2v) is 8.49. The SMILES string of the molecule is O=C(Cn1nc2c(N3CCCCCC3)nccn2c1=O)N1CCN(c2ccccc2)CC1. The van der Waals surface area contributed by atoms with Crippen molar-refractivity contribution >= 4 is 23.1 Å². The van der Waals surface area contributed by atoms with Crippen LogP contribution < -0.4 is 15.5 Å². The average Bonchev–Trinajstić information content (AvgIpc) is 3.00. The van der Waals surface area contributed by atoms with E-state index in [9.17, 15) is 9.59 Å². The zero-order valence-corrected chi connectivity index (χ0v) is 18.3. The Balaban J connectivity index is 1.30. The highest BCUT2D eigenvalue weighted by atomic mass is 16.2. The van der Waals surface area contributed by atoms with Gasteiger partial charge in [-0.3, -0.25) is 4.79 Å². The van der Waals surface area contributed by atoms with Crippen LogP contribution in [0.5, 0.6) is 0 Å². The van der Waals surface area contributed by atoms with Crippen LogP contribution >= 0.6 is 0 Å². The molecule has 0 atom stereocenters. The van der Waals surface area contributed by atoms with Crippen LogP contribution in [0.3, 0.4) is 0 Å². The molecule has 0 unspecified atom stereocenters. The number of carbonyl (C=O) groups excluding carboxylic acids is 1. The average molecular weight is 436 g/mol. The summed E-state index contributed by atoms with van der Waals surface area (Å²) in [5, 5.41) is 4.52. The summed E-state index contributed by atoms with van der Waals surface area (Å²) in [7, 11) is 0. The van der Waals surface area contributed by atoms with E-state index >= 15 is 0 Å². The Bertz CT molecular complexity index is 1120. The van der Waals surface area contributed by atoms with E-state index in [2.05, 4.69) is 32.0 Å². The van der Waals surface area contributed by atoms with Gasteiger partial charge < -0.3 is 14.7 Å². The van der Waals surface area contributed by atoms with Crippen molar-refractivity contribution in [3.8, 4) is 0 Å². The van der Waals surface area contributed by atoms with Crippen molar-refractivity contribution in [2.45, 2.75) is 32.2 Å². The van der Waals surface area contributed by atoms with Crippen LogP contribution in [0, 0.1) is 0 Å². The molecule has 3 aromatic rings. The Hall–Kier alpha value is -3.36. The van der Waals surface area contributed by atoms with Gasteiger partial charge in [0.05, 0.1) is 0 Å². The van der Waals surface area contributed by atoms with E-state index in [0.29, 0.717) is 18.7 Å². The zero-order valence-electron chi connectivity index (χ0n) is 18.3. The molecule has 1 aromatic carbocycles. The molecule has 1 amide bonds. The number of amides is 1. The number of fused-ring (bicyclic) bond motifs is 1. The maximum Gasteiger partial charge on any atom is 0.350 e. The third-order valence-corrected chi connectivity index (χ3v) is 6.43. The molecule has 2 aliphatic heterocycles. The lowest BCUT2D eigenvalue weighted by atomic mass is 10.2. The second-order valence-electron chi connectivity index (χ2n) is 8.49. The lowest BCUT2D eigenvalue weighted by Gasteiger charge is -2.36. The quantitative estimate of drug-likeness (QED) is 0.620. The fourth-order valence-corrected chi connectivity index (χ4v) is 4.62. The molecule has 0 saturated carbocycles. The Kier molecular flexibility index (Phi) is 5.79. The molecule has 2 saturated heterocycles. The standard InChI is InChI=1S/C23H29N7O2/c31-20(27-16-14-26(15-17-27)19-8-4-3-5-9-19)18-30-23(32)29-13-10-24-21(22(29)25-30)28-11-6-1-2-7-12-28/h3-5,8-10,13H,1-2,6-7,11-12,14-18H2. The molecule has 9 nitrogen and oxygen atoms in total. The number of para-hydroxylation sites is 1. The molecule has 32 heavy (non-hydrogen) atoms. The minimum Gasteiger partial charge on any atom is -0.368 e. The van der Waals surface area contributed by atoms with E-state index in [4.69, 9.17) is 0 Å². The molecule has 5 rings (SSSR count). The fourth-order valence-electron chi connectivity index (χ4n) is 4.62. The van der Waals surface area contributed by atoms with Crippen LogP contribution in [-0.2, 0) is 11.3 Å². The van der Waals surface area contributed by atoms with Gasteiger partial charge in [-0.05, 0) is 25.0 Å². The van der Waals surface area contributed by atoms with Crippen molar-refractivity contribution in [1.82, 2.24) is 24.1 Å². The molecule has 2 aromatic heterocycles. The first-order valence-electron chi connectivity index (χ1n) is 11.5. The first kappa shape index (κ1) is 20.5. The van der Waals surface area contributed by atoms with Crippen molar-refractivity contribution in [2.75, 3.05) is 49.1 Å². The summed E-state index contributed by atoms with van der Waals surface area (Å²) in [5.74, 6) is 0.654. The van der Waals surface area contributed by atoms with E-state index in [1.165, 1.54) is 27.6 Å². The summed E-state index contributed by atoms with van der Waals surface area (Å²) in [6.45, 7) is 4.60. The van der Waals surface area contributed by atoms with Crippen LogP contribution in [0.25, 0.3) is 5.65 Å². The van der Waals surface area contributed by atoms with Crippen molar-refractivity contribution in [1.29, 1.82) is 0 Å². The Labute approximate surface area is 186 Å². The largest absolute Gasteiger partial charge is 0.368 e. The normalized spacial score (nSPS) is 17.6. The molecule has 0 bridgehead atoms. The molecule has 2 aliphatic rings. The Morgan fingerprint density at radius 2 is 1.59 bits per heavy atom. The third kappa shape index (κ3) is 4.06. The molecule has 0 radical (unpaired) electrons. The van der Waals surface area contributed by atoms with E-state index in [1.807, 2.05) is 23.1 Å². The van der Waals surface area contributed by atoms with Crippen LogP contribution in [0.2, 0.25) is 0 Å². The number of aromatic nitrogens is 4. The van der Waals surface area contributed by atoms with Gasteiger partial charge in [0.1, 0.15) is 6.54 Å². The Morgan fingerprint density at radius 1 is 0.875 bits per heavy atom. The van der Waals surface area contributed by atoms with Gasteiger partial charge in [0.2, 0.25) is 11.6 Å². The molecule has 0 N–H and O–H groups in total. The highest BCUT2D eigenvalue weighted by Crippen LogP contribution is 2.20. The number of nitrogens with zero attached hydrogens (tertiary/aromatic N) is 7. The lowest BCUT2D eigenvalue weighted by Crippen LogP contribution is -2.50. The van der Waals surface area contributed by atoms with Gasteiger partial charge in [-0.25, -0.2) is 18.9 Å². The highest BCUT2D eigenvalue weighted by Gasteiger charge is 2.24. The second kappa shape index (κ2) is 9.02. The van der Waals surface area contributed by atoms with Crippen molar-refractivity contribution in [3.05, 3.63) is 53.2 Å². The smallest absolute Gasteiger partial charge is 0.350 e. The maximum absolute atomic E-state index is 12.9. The van der Waals surface area contributed by atoms with E-state index in [-0.39, 0.29) is 18.1 Å². The van der Waals surface area contributed by atoms with Gasteiger partial charge in [-0.2, -0.15) is 0 Å². The number of benzene rings is 1. The number of rotatable bonds is 4. The van der Waals surface area contributed by atoms with Crippen LogP contribution in [0.1, 0.15) is 25.7 Å². The predicted molar refractivity (Wildman–Crippen MR) is 123 cm³/mol. The molecular weight excluding hydrogens is 406 g/mol. The number of piperazine rings is 1. The van der Waals surface area contributed by atoms with E-state index in [0.717, 1.165) is 44.8 Å². The monoisotopic (exact) mass is 435 g/mol. The molecule has 2 fully saturated rings. The number of anilines is 2. The van der Waals surface area contributed by atoms with Gasteiger partial charge >= 0.3 is 5.69 Å². The first-order chi connectivity index (χ1) is 15.7. The van der Waals surface area contributed by atoms with Gasteiger partial charge in [-0.15, -0.1) is 5.10 Å². The summed E-state index contributed by atoms with van der Waals surface area (Å²) in [4.78, 5) is 36.7. The maximum atomic E-state index is 12.9. The minimum absolute atomic E-state index is 0.0503. The molecule has 168 valence electrons. The van der Waals surface area contributed by atoms with E-state index < -0.39 is 0 Å². The summed E-state index contributed by atoms with van der Waals surface area (Å²) in [5.41, 5.74) is 1.40. The number of carbonyl (C=O) groups is 1. The summed E-state index contributed by atoms with van der Waals surface area (Å²) in [6, 6.07) is 10.2. The van der Waals surface area contributed by atoms with Crippen molar-refractivity contribution < 1.29 is 4.79 Å². The minimum atomic E-state index is -0.297. The van der Waals surface area contributed by atoms with Crippen LogP contribution in [0.15, 0.2) is 47.5 Å². The molecule has 0 spiro atoms. The topological polar surface area (TPSA) is 79.0 Å². The molecular formula is C23H29N7O2.